The van der Waals surface area contributed by atoms with Crippen molar-refractivity contribution in [2.24, 2.45) is 0 Å². The van der Waals surface area contributed by atoms with Crippen LogP contribution in [-0.2, 0) is 15.8 Å². The Morgan fingerprint density at radius 2 is 1.74 bits per heavy atom. The number of methoxy groups -OCH3 is 1. The molecule has 0 atom stereocenters. The number of ether oxygens (including phenoxy) is 1. The van der Waals surface area contributed by atoms with Gasteiger partial charge in [0.2, 0.25) is 10.0 Å². The number of rotatable bonds is 7. The van der Waals surface area contributed by atoms with Gasteiger partial charge in [-0.2, -0.15) is 0 Å². The van der Waals surface area contributed by atoms with Gasteiger partial charge in [0.25, 0.3) is 0 Å². The average Bonchev–Trinajstić information content (AvgIpc) is 3.20. The standard InChI is InChI=1S/C24H23N3O3S/c1-18-15-27(17-25-18)23-12-11-22(14-24(23)30-2)26-31(28,29)16-19-7-6-10-21(13-19)20-8-4-3-5-9-20/h3-15,17,26H,16H2,1-2H3. The van der Waals surface area contributed by atoms with Gasteiger partial charge in [0.1, 0.15) is 5.75 Å². The molecule has 158 valence electrons. The van der Waals surface area contributed by atoms with Crippen molar-refractivity contribution in [2.75, 3.05) is 11.8 Å². The zero-order valence-corrected chi connectivity index (χ0v) is 18.1. The van der Waals surface area contributed by atoms with Gasteiger partial charge >= 0.3 is 0 Å². The number of nitrogens with one attached hydrogen (secondary N) is 1. The minimum absolute atomic E-state index is 0.127. The lowest BCUT2D eigenvalue weighted by molar-refractivity contribution is 0.413. The van der Waals surface area contributed by atoms with Gasteiger partial charge in [0.05, 0.1) is 36.3 Å². The first kappa shape index (κ1) is 20.7. The van der Waals surface area contributed by atoms with Crippen LogP contribution in [0.1, 0.15) is 11.3 Å². The van der Waals surface area contributed by atoms with Gasteiger partial charge in [0, 0.05) is 12.3 Å². The number of sulfonamides is 1. The van der Waals surface area contributed by atoms with Crippen LogP contribution in [0.15, 0.2) is 85.3 Å². The summed E-state index contributed by atoms with van der Waals surface area (Å²) in [5.74, 6) is 0.419. The number of anilines is 1. The highest BCUT2D eigenvalue weighted by atomic mass is 32.2. The maximum atomic E-state index is 12.8. The Labute approximate surface area is 182 Å². The molecule has 0 saturated heterocycles. The highest BCUT2D eigenvalue weighted by Gasteiger charge is 2.15. The molecule has 0 amide bonds. The number of aryl methyl sites for hydroxylation is 1. The lowest BCUT2D eigenvalue weighted by Crippen LogP contribution is -2.15. The summed E-state index contributed by atoms with van der Waals surface area (Å²) < 4.78 is 35.6. The van der Waals surface area contributed by atoms with Crippen LogP contribution >= 0.6 is 0 Å². The molecular formula is C24H23N3O3S. The van der Waals surface area contributed by atoms with E-state index >= 15 is 0 Å². The normalized spacial score (nSPS) is 11.3. The van der Waals surface area contributed by atoms with Crippen LogP contribution in [0.25, 0.3) is 16.8 Å². The van der Waals surface area contributed by atoms with Crippen molar-refractivity contribution < 1.29 is 13.2 Å². The van der Waals surface area contributed by atoms with Crippen LogP contribution in [0.4, 0.5) is 5.69 Å². The van der Waals surface area contributed by atoms with Gasteiger partial charge in [-0.3, -0.25) is 4.72 Å². The van der Waals surface area contributed by atoms with Crippen molar-refractivity contribution in [1.82, 2.24) is 9.55 Å². The maximum absolute atomic E-state index is 12.8. The van der Waals surface area contributed by atoms with Crippen LogP contribution in [-0.4, -0.2) is 25.1 Å². The molecule has 0 bridgehead atoms. The summed E-state index contributed by atoms with van der Waals surface area (Å²) in [6.07, 6.45) is 3.57. The molecule has 7 heteroatoms. The summed E-state index contributed by atoms with van der Waals surface area (Å²) >= 11 is 0. The number of hydrogen-bond donors (Lipinski definition) is 1. The Hall–Kier alpha value is -3.58. The molecule has 0 fully saturated rings. The summed E-state index contributed by atoms with van der Waals surface area (Å²) in [5.41, 5.74) is 4.84. The first-order valence-electron chi connectivity index (χ1n) is 9.77. The van der Waals surface area contributed by atoms with Crippen LogP contribution in [0.5, 0.6) is 5.75 Å². The Balaban J connectivity index is 1.54. The zero-order valence-electron chi connectivity index (χ0n) is 17.3. The predicted molar refractivity (Wildman–Crippen MR) is 123 cm³/mol. The highest BCUT2D eigenvalue weighted by Crippen LogP contribution is 2.28. The fraction of sp³-hybridized carbons (Fsp3) is 0.125. The van der Waals surface area contributed by atoms with Crippen LogP contribution in [0.2, 0.25) is 0 Å². The number of aromatic nitrogens is 2. The molecule has 4 rings (SSSR count). The highest BCUT2D eigenvalue weighted by molar-refractivity contribution is 7.91. The molecular weight excluding hydrogens is 410 g/mol. The lowest BCUT2D eigenvalue weighted by atomic mass is 10.0. The van der Waals surface area contributed by atoms with Crippen molar-refractivity contribution in [3.63, 3.8) is 0 Å². The fourth-order valence-corrected chi connectivity index (χ4v) is 4.59. The summed E-state index contributed by atoms with van der Waals surface area (Å²) in [4.78, 5) is 4.22. The number of nitrogens with zero attached hydrogens (tertiary/aromatic N) is 2. The van der Waals surface area contributed by atoms with E-state index in [1.807, 2.05) is 72.3 Å². The Morgan fingerprint density at radius 3 is 2.45 bits per heavy atom. The van der Waals surface area contributed by atoms with Gasteiger partial charge in [-0.05, 0) is 35.7 Å². The molecule has 0 aliphatic heterocycles. The van der Waals surface area contributed by atoms with Crippen LogP contribution in [0, 0.1) is 6.92 Å². The van der Waals surface area contributed by atoms with Crippen LogP contribution < -0.4 is 9.46 Å². The molecule has 6 nitrogen and oxygen atoms in total. The van der Waals surface area contributed by atoms with Crippen molar-refractivity contribution in [1.29, 1.82) is 0 Å². The Kier molecular flexibility index (Phi) is 5.77. The van der Waals surface area contributed by atoms with E-state index in [4.69, 9.17) is 4.74 Å². The molecule has 1 heterocycles. The van der Waals surface area contributed by atoms with E-state index in [0.717, 1.165) is 22.5 Å². The second-order valence-corrected chi connectivity index (χ2v) is 8.96. The largest absolute Gasteiger partial charge is 0.494 e. The minimum Gasteiger partial charge on any atom is -0.494 e. The molecule has 1 aromatic heterocycles. The van der Waals surface area contributed by atoms with Crippen molar-refractivity contribution in [3.8, 4) is 22.6 Å². The maximum Gasteiger partial charge on any atom is 0.236 e. The Bertz CT molecular complexity index is 1300. The van der Waals surface area contributed by atoms with E-state index in [-0.39, 0.29) is 5.75 Å². The number of benzene rings is 3. The van der Waals surface area contributed by atoms with E-state index in [0.29, 0.717) is 17.0 Å². The third kappa shape index (κ3) is 4.95. The minimum atomic E-state index is -3.61. The molecule has 0 aliphatic rings. The summed E-state index contributed by atoms with van der Waals surface area (Å²) in [6.45, 7) is 1.90. The van der Waals surface area contributed by atoms with Gasteiger partial charge in [-0.25, -0.2) is 13.4 Å². The van der Waals surface area contributed by atoms with Crippen molar-refractivity contribution in [3.05, 3.63) is 96.6 Å². The summed E-state index contributed by atoms with van der Waals surface area (Å²) in [5, 5.41) is 0. The van der Waals surface area contributed by atoms with Crippen LogP contribution in [0.3, 0.4) is 0 Å². The monoisotopic (exact) mass is 433 g/mol. The topological polar surface area (TPSA) is 73.2 Å². The van der Waals surface area contributed by atoms with Crippen molar-refractivity contribution >= 4 is 15.7 Å². The van der Waals surface area contributed by atoms with Gasteiger partial charge in [-0.15, -0.1) is 0 Å². The first-order chi connectivity index (χ1) is 14.9. The second kappa shape index (κ2) is 8.65. The molecule has 0 saturated carbocycles. The van der Waals surface area contributed by atoms with Gasteiger partial charge < -0.3 is 9.30 Å². The first-order valence-corrected chi connectivity index (χ1v) is 11.4. The third-order valence-electron chi connectivity index (χ3n) is 4.83. The smallest absolute Gasteiger partial charge is 0.236 e. The average molecular weight is 434 g/mol. The summed E-state index contributed by atoms with van der Waals surface area (Å²) in [7, 11) is -2.06. The number of hydrogen-bond acceptors (Lipinski definition) is 4. The van der Waals surface area contributed by atoms with E-state index in [1.165, 1.54) is 0 Å². The van der Waals surface area contributed by atoms with E-state index in [1.54, 1.807) is 31.6 Å². The van der Waals surface area contributed by atoms with E-state index in [2.05, 4.69) is 9.71 Å². The second-order valence-electron chi connectivity index (χ2n) is 7.24. The van der Waals surface area contributed by atoms with Gasteiger partial charge in [-0.1, -0.05) is 54.6 Å². The number of imidazole rings is 1. The zero-order chi connectivity index (χ0) is 21.8. The predicted octanol–water partition coefficient (Wildman–Crippen LogP) is 4.80. The van der Waals surface area contributed by atoms with Gasteiger partial charge in [0.15, 0.2) is 0 Å². The van der Waals surface area contributed by atoms with E-state index in [9.17, 15) is 8.42 Å². The molecule has 4 aromatic rings. The molecule has 0 aliphatic carbocycles. The Morgan fingerprint density at radius 1 is 0.968 bits per heavy atom. The fourth-order valence-electron chi connectivity index (χ4n) is 3.41. The van der Waals surface area contributed by atoms with E-state index < -0.39 is 10.0 Å². The molecule has 0 radical (unpaired) electrons. The quantitative estimate of drug-likeness (QED) is 0.454. The lowest BCUT2D eigenvalue weighted by Gasteiger charge is -2.13. The SMILES string of the molecule is COc1cc(NS(=O)(=O)Cc2cccc(-c3ccccc3)c2)ccc1-n1cnc(C)c1. The molecule has 0 unspecified atom stereocenters. The molecule has 1 N–H and O–H groups in total. The van der Waals surface area contributed by atoms with Crippen molar-refractivity contribution in [2.45, 2.75) is 12.7 Å². The molecule has 31 heavy (non-hydrogen) atoms. The molecule has 0 spiro atoms. The summed E-state index contributed by atoms with van der Waals surface area (Å²) in [6, 6.07) is 22.6. The molecule has 3 aromatic carbocycles. The third-order valence-corrected chi connectivity index (χ3v) is 6.09.